The van der Waals surface area contributed by atoms with Gasteiger partial charge in [-0.3, -0.25) is 4.79 Å². The fourth-order valence-corrected chi connectivity index (χ4v) is 2.01. The van der Waals surface area contributed by atoms with Crippen molar-refractivity contribution >= 4 is 11.6 Å². The van der Waals surface area contributed by atoms with Gasteiger partial charge in [0.1, 0.15) is 0 Å². The predicted molar refractivity (Wildman–Crippen MR) is 72.1 cm³/mol. The molecule has 1 aromatic rings. The molecule has 1 saturated heterocycles. The van der Waals surface area contributed by atoms with Gasteiger partial charge in [-0.15, -0.1) is 0 Å². The lowest BCUT2D eigenvalue weighted by molar-refractivity contribution is 0.0953. The molecule has 0 spiro atoms. The molecule has 1 amide bonds. The molecule has 0 bridgehead atoms. The third-order valence-electron chi connectivity index (χ3n) is 3.02. The van der Waals surface area contributed by atoms with Crippen LogP contribution in [0.3, 0.4) is 0 Å². The van der Waals surface area contributed by atoms with E-state index in [4.69, 9.17) is 4.74 Å². The van der Waals surface area contributed by atoms with Gasteiger partial charge in [0.25, 0.3) is 5.91 Å². The Hall–Kier alpha value is -1.55. The first-order chi connectivity index (χ1) is 8.81. The number of hydrogen-bond donors (Lipinski definition) is 1. The van der Waals surface area contributed by atoms with E-state index in [0.717, 1.165) is 50.5 Å². The first-order valence-corrected chi connectivity index (χ1v) is 6.52. The zero-order valence-electron chi connectivity index (χ0n) is 10.8. The number of amides is 1. The summed E-state index contributed by atoms with van der Waals surface area (Å²) in [7, 11) is 0. The van der Waals surface area contributed by atoms with E-state index in [1.165, 1.54) is 0 Å². The Balaban J connectivity index is 2.06. The van der Waals surface area contributed by atoms with Gasteiger partial charge in [-0.2, -0.15) is 0 Å². The Morgan fingerprint density at radius 1 is 1.39 bits per heavy atom. The number of hydrogen-bond acceptors (Lipinski definition) is 3. The van der Waals surface area contributed by atoms with Gasteiger partial charge in [-0.05, 0) is 24.6 Å². The third-order valence-corrected chi connectivity index (χ3v) is 3.02. The minimum atomic E-state index is 0.00644. The first-order valence-electron chi connectivity index (χ1n) is 6.52. The van der Waals surface area contributed by atoms with Crippen molar-refractivity contribution in [3.8, 4) is 0 Å². The van der Waals surface area contributed by atoms with Crippen LogP contribution in [0.25, 0.3) is 0 Å². The van der Waals surface area contributed by atoms with Crippen LogP contribution in [0.2, 0.25) is 0 Å². The van der Waals surface area contributed by atoms with Gasteiger partial charge < -0.3 is 15.0 Å². The molecule has 0 aliphatic carbocycles. The summed E-state index contributed by atoms with van der Waals surface area (Å²) in [5.74, 6) is 0.00644. The number of carbonyl (C=O) groups is 1. The zero-order valence-corrected chi connectivity index (χ0v) is 10.8. The molecule has 0 aromatic heterocycles. The Morgan fingerprint density at radius 3 is 2.89 bits per heavy atom. The summed E-state index contributed by atoms with van der Waals surface area (Å²) in [6.07, 6.45) is 0.953. The van der Waals surface area contributed by atoms with Crippen molar-refractivity contribution in [2.45, 2.75) is 13.3 Å². The highest BCUT2D eigenvalue weighted by Gasteiger charge is 2.12. The van der Waals surface area contributed by atoms with Gasteiger partial charge in [0, 0.05) is 30.9 Å². The molecule has 0 atom stereocenters. The molecule has 1 N–H and O–H groups in total. The van der Waals surface area contributed by atoms with Crippen molar-refractivity contribution in [3.05, 3.63) is 29.8 Å². The van der Waals surface area contributed by atoms with Gasteiger partial charge in [0.2, 0.25) is 0 Å². The van der Waals surface area contributed by atoms with Crippen LogP contribution in [0.1, 0.15) is 23.7 Å². The second-order valence-electron chi connectivity index (χ2n) is 4.41. The molecule has 2 rings (SSSR count). The molecule has 1 aliphatic rings. The number of rotatable bonds is 4. The highest BCUT2D eigenvalue weighted by atomic mass is 16.5. The summed E-state index contributed by atoms with van der Waals surface area (Å²) in [5, 5.41) is 2.90. The first kappa shape index (κ1) is 12.9. The molecule has 18 heavy (non-hydrogen) atoms. The van der Waals surface area contributed by atoms with Crippen LogP contribution < -0.4 is 10.2 Å². The molecule has 0 unspecified atom stereocenters. The standard InChI is InChI=1S/C14H20N2O2/c1-2-6-15-14(17)12-4-3-5-13(11-12)16-7-9-18-10-8-16/h3-5,11H,2,6-10H2,1H3,(H,15,17). The fraction of sp³-hybridized carbons (Fsp3) is 0.500. The molecule has 4 nitrogen and oxygen atoms in total. The highest BCUT2D eigenvalue weighted by Crippen LogP contribution is 2.17. The largest absolute Gasteiger partial charge is 0.378 e. The minimum absolute atomic E-state index is 0.00644. The van der Waals surface area contributed by atoms with Crippen molar-refractivity contribution in [3.63, 3.8) is 0 Å². The SMILES string of the molecule is CCCNC(=O)c1cccc(N2CCOCC2)c1. The number of anilines is 1. The average Bonchev–Trinajstić information content (AvgIpc) is 2.46. The van der Waals surface area contributed by atoms with E-state index in [-0.39, 0.29) is 5.91 Å². The maximum Gasteiger partial charge on any atom is 0.251 e. The van der Waals surface area contributed by atoms with E-state index in [1.54, 1.807) is 0 Å². The van der Waals surface area contributed by atoms with Crippen LogP contribution in [-0.4, -0.2) is 38.8 Å². The quantitative estimate of drug-likeness (QED) is 0.881. The number of ether oxygens (including phenoxy) is 1. The van der Waals surface area contributed by atoms with E-state index < -0.39 is 0 Å². The fourth-order valence-electron chi connectivity index (χ4n) is 2.01. The molecule has 4 heteroatoms. The van der Waals surface area contributed by atoms with Crippen LogP contribution in [0, 0.1) is 0 Å². The van der Waals surface area contributed by atoms with Gasteiger partial charge in [-0.1, -0.05) is 13.0 Å². The smallest absolute Gasteiger partial charge is 0.251 e. The Labute approximate surface area is 108 Å². The molecule has 1 aromatic carbocycles. The normalized spacial score (nSPS) is 15.5. The number of nitrogens with zero attached hydrogens (tertiary/aromatic N) is 1. The van der Waals surface area contributed by atoms with Crippen molar-refractivity contribution < 1.29 is 9.53 Å². The summed E-state index contributed by atoms with van der Waals surface area (Å²) < 4.78 is 5.33. The Morgan fingerprint density at radius 2 is 2.17 bits per heavy atom. The van der Waals surface area contributed by atoms with Crippen molar-refractivity contribution in [2.24, 2.45) is 0 Å². The average molecular weight is 248 g/mol. The van der Waals surface area contributed by atoms with Gasteiger partial charge in [-0.25, -0.2) is 0 Å². The number of benzene rings is 1. The predicted octanol–water partition coefficient (Wildman–Crippen LogP) is 1.66. The van der Waals surface area contributed by atoms with E-state index >= 15 is 0 Å². The maximum absolute atomic E-state index is 11.9. The van der Waals surface area contributed by atoms with Crippen LogP contribution >= 0.6 is 0 Å². The lowest BCUT2D eigenvalue weighted by atomic mass is 10.1. The second kappa shape index (κ2) is 6.40. The summed E-state index contributed by atoms with van der Waals surface area (Å²) in [4.78, 5) is 14.1. The van der Waals surface area contributed by atoms with Gasteiger partial charge in [0.15, 0.2) is 0 Å². The lowest BCUT2D eigenvalue weighted by Gasteiger charge is -2.29. The monoisotopic (exact) mass is 248 g/mol. The van der Waals surface area contributed by atoms with Gasteiger partial charge >= 0.3 is 0 Å². The molecular formula is C14H20N2O2. The molecule has 98 valence electrons. The van der Waals surface area contributed by atoms with Crippen LogP contribution in [0.4, 0.5) is 5.69 Å². The summed E-state index contributed by atoms with van der Waals surface area (Å²) in [5.41, 5.74) is 1.83. The number of morpholine rings is 1. The molecule has 1 heterocycles. The van der Waals surface area contributed by atoms with Crippen LogP contribution in [-0.2, 0) is 4.74 Å². The summed E-state index contributed by atoms with van der Waals surface area (Å²) >= 11 is 0. The minimum Gasteiger partial charge on any atom is -0.378 e. The maximum atomic E-state index is 11.9. The topological polar surface area (TPSA) is 41.6 Å². The Bertz CT molecular complexity index is 401. The van der Waals surface area contributed by atoms with Gasteiger partial charge in [0.05, 0.1) is 13.2 Å². The lowest BCUT2D eigenvalue weighted by Crippen LogP contribution is -2.36. The molecule has 0 saturated carbocycles. The molecular weight excluding hydrogens is 228 g/mol. The number of carbonyl (C=O) groups excluding carboxylic acids is 1. The number of nitrogens with one attached hydrogen (secondary N) is 1. The molecule has 1 aliphatic heterocycles. The molecule has 0 radical (unpaired) electrons. The highest BCUT2D eigenvalue weighted by molar-refractivity contribution is 5.95. The van der Waals surface area contributed by atoms with E-state index in [0.29, 0.717) is 0 Å². The summed E-state index contributed by atoms with van der Waals surface area (Å²) in [6, 6.07) is 7.79. The zero-order chi connectivity index (χ0) is 12.8. The van der Waals surface area contributed by atoms with Crippen molar-refractivity contribution in [1.29, 1.82) is 0 Å². The second-order valence-corrected chi connectivity index (χ2v) is 4.41. The van der Waals surface area contributed by atoms with E-state index in [2.05, 4.69) is 10.2 Å². The van der Waals surface area contributed by atoms with Crippen molar-refractivity contribution in [1.82, 2.24) is 5.32 Å². The van der Waals surface area contributed by atoms with E-state index in [1.807, 2.05) is 31.2 Å². The van der Waals surface area contributed by atoms with E-state index in [9.17, 15) is 4.79 Å². The molecule has 1 fully saturated rings. The van der Waals surface area contributed by atoms with Crippen LogP contribution in [0.15, 0.2) is 24.3 Å². The van der Waals surface area contributed by atoms with Crippen molar-refractivity contribution in [2.75, 3.05) is 37.7 Å². The third kappa shape index (κ3) is 3.23. The summed E-state index contributed by atoms with van der Waals surface area (Å²) in [6.45, 7) is 6.06. The Kier molecular flexibility index (Phi) is 4.59. The van der Waals surface area contributed by atoms with Crippen LogP contribution in [0.5, 0.6) is 0 Å².